The van der Waals surface area contributed by atoms with Crippen LogP contribution >= 0.6 is 15.9 Å². The van der Waals surface area contributed by atoms with E-state index >= 15 is 0 Å². The topological polar surface area (TPSA) is 22.1 Å². The van der Waals surface area contributed by atoms with Gasteiger partial charge in [-0.3, -0.25) is 4.98 Å². The van der Waals surface area contributed by atoms with E-state index in [-0.39, 0.29) is 0 Å². The molecule has 2 nitrogen and oxygen atoms in total. The number of aromatic nitrogens is 1. The number of benzene rings is 1. The molecule has 72 valence electrons. The van der Waals surface area contributed by atoms with Crippen molar-refractivity contribution < 1.29 is 4.74 Å². The number of hydrogen-bond donors (Lipinski definition) is 0. The first-order valence-electron chi connectivity index (χ1n) is 4.32. The third-order valence-electron chi connectivity index (χ3n) is 2.23. The summed E-state index contributed by atoms with van der Waals surface area (Å²) in [7, 11) is 1.66. The lowest BCUT2D eigenvalue weighted by atomic mass is 10.1. The quantitative estimate of drug-likeness (QED) is 0.776. The minimum absolute atomic E-state index is 0.812. The molecule has 2 aromatic rings. The Morgan fingerprint density at radius 1 is 1.29 bits per heavy atom. The van der Waals surface area contributed by atoms with Gasteiger partial charge in [-0.15, -0.1) is 0 Å². The van der Waals surface area contributed by atoms with Crippen LogP contribution in [0, 0.1) is 6.92 Å². The highest BCUT2D eigenvalue weighted by Crippen LogP contribution is 2.31. The monoisotopic (exact) mass is 251 g/mol. The Labute approximate surface area is 91.0 Å². The number of fused-ring (bicyclic) bond motifs is 1. The predicted molar refractivity (Wildman–Crippen MR) is 60.7 cm³/mol. The molecule has 0 aliphatic rings. The zero-order valence-electron chi connectivity index (χ0n) is 8.04. The van der Waals surface area contributed by atoms with Gasteiger partial charge in [-0.05, 0) is 24.6 Å². The molecule has 1 aromatic heterocycles. The van der Waals surface area contributed by atoms with E-state index in [0.717, 1.165) is 21.1 Å². The highest BCUT2D eigenvalue weighted by atomic mass is 79.9. The average Bonchev–Trinajstić information content (AvgIpc) is 2.18. The molecule has 0 aliphatic carbocycles. The van der Waals surface area contributed by atoms with Gasteiger partial charge in [0.2, 0.25) is 0 Å². The molecule has 0 saturated heterocycles. The van der Waals surface area contributed by atoms with Gasteiger partial charge in [0.05, 0.1) is 7.11 Å². The Balaban J connectivity index is 2.91. The fourth-order valence-corrected chi connectivity index (χ4v) is 2.15. The number of methoxy groups -OCH3 is 1. The fraction of sp³-hybridized carbons (Fsp3) is 0.182. The van der Waals surface area contributed by atoms with Crippen LogP contribution in [0.1, 0.15) is 5.56 Å². The summed E-state index contributed by atoms with van der Waals surface area (Å²) in [6, 6.07) is 5.92. The van der Waals surface area contributed by atoms with E-state index in [1.54, 1.807) is 13.3 Å². The molecule has 0 unspecified atom stereocenters. The normalized spacial score (nSPS) is 10.5. The molecule has 2 rings (SSSR count). The number of hydrogen-bond acceptors (Lipinski definition) is 2. The number of rotatable bonds is 1. The standard InChI is InChI=1S/C11H10BrNO/c1-7-3-4-9(14-2)11-10(7)8(12)5-6-13-11/h3-6H,1-2H3. The van der Waals surface area contributed by atoms with Crippen molar-refractivity contribution >= 4 is 26.8 Å². The number of nitrogens with zero attached hydrogens (tertiary/aromatic N) is 1. The highest BCUT2D eigenvalue weighted by molar-refractivity contribution is 9.10. The minimum Gasteiger partial charge on any atom is -0.494 e. The number of pyridine rings is 1. The fourth-order valence-electron chi connectivity index (χ4n) is 1.53. The maximum atomic E-state index is 5.25. The Kier molecular flexibility index (Phi) is 2.42. The molecule has 0 atom stereocenters. The molecule has 3 heteroatoms. The van der Waals surface area contributed by atoms with Gasteiger partial charge in [0, 0.05) is 16.1 Å². The summed E-state index contributed by atoms with van der Waals surface area (Å²) in [4.78, 5) is 4.32. The van der Waals surface area contributed by atoms with Crippen molar-refractivity contribution in [2.75, 3.05) is 7.11 Å². The van der Waals surface area contributed by atoms with Crippen LogP contribution in [0.15, 0.2) is 28.9 Å². The second kappa shape index (κ2) is 3.58. The van der Waals surface area contributed by atoms with Crippen LogP contribution in [0.5, 0.6) is 5.75 Å². The Morgan fingerprint density at radius 2 is 2.07 bits per heavy atom. The molecular formula is C11H10BrNO. The van der Waals surface area contributed by atoms with Gasteiger partial charge in [0.15, 0.2) is 0 Å². The molecule has 0 bridgehead atoms. The molecular weight excluding hydrogens is 242 g/mol. The average molecular weight is 252 g/mol. The maximum Gasteiger partial charge on any atom is 0.145 e. The lowest BCUT2D eigenvalue weighted by molar-refractivity contribution is 0.419. The van der Waals surface area contributed by atoms with Gasteiger partial charge in [-0.25, -0.2) is 0 Å². The molecule has 1 aromatic carbocycles. The predicted octanol–water partition coefficient (Wildman–Crippen LogP) is 3.31. The van der Waals surface area contributed by atoms with E-state index in [1.165, 1.54) is 5.56 Å². The van der Waals surface area contributed by atoms with Crippen molar-refractivity contribution in [3.63, 3.8) is 0 Å². The van der Waals surface area contributed by atoms with Crippen molar-refractivity contribution in [1.82, 2.24) is 4.98 Å². The minimum atomic E-state index is 0.812. The van der Waals surface area contributed by atoms with E-state index in [4.69, 9.17) is 4.74 Å². The van der Waals surface area contributed by atoms with Crippen LogP contribution in [-0.4, -0.2) is 12.1 Å². The van der Waals surface area contributed by atoms with Crippen molar-refractivity contribution in [2.45, 2.75) is 6.92 Å². The van der Waals surface area contributed by atoms with E-state index in [1.807, 2.05) is 18.2 Å². The van der Waals surface area contributed by atoms with Crippen molar-refractivity contribution in [3.8, 4) is 5.75 Å². The molecule has 0 radical (unpaired) electrons. The SMILES string of the molecule is COc1ccc(C)c2c(Br)ccnc12. The zero-order chi connectivity index (χ0) is 10.1. The van der Waals surface area contributed by atoms with Crippen LogP contribution in [0.25, 0.3) is 10.9 Å². The summed E-state index contributed by atoms with van der Waals surface area (Å²) in [5.74, 6) is 0.812. The molecule has 1 heterocycles. The van der Waals surface area contributed by atoms with Gasteiger partial charge in [-0.2, -0.15) is 0 Å². The summed E-state index contributed by atoms with van der Waals surface area (Å²) in [6.07, 6.45) is 1.77. The molecule has 14 heavy (non-hydrogen) atoms. The van der Waals surface area contributed by atoms with E-state index in [9.17, 15) is 0 Å². The summed E-state index contributed by atoms with van der Waals surface area (Å²) < 4.78 is 6.31. The Morgan fingerprint density at radius 3 is 2.79 bits per heavy atom. The first kappa shape index (κ1) is 9.46. The van der Waals surface area contributed by atoms with Crippen LogP contribution in [0.3, 0.4) is 0 Å². The number of halogens is 1. The second-order valence-electron chi connectivity index (χ2n) is 3.10. The van der Waals surface area contributed by atoms with E-state index in [2.05, 4.69) is 27.8 Å². The summed E-state index contributed by atoms with van der Waals surface area (Å²) >= 11 is 3.52. The summed E-state index contributed by atoms with van der Waals surface area (Å²) in [5, 5.41) is 1.12. The van der Waals surface area contributed by atoms with Gasteiger partial charge in [-0.1, -0.05) is 22.0 Å². The zero-order valence-corrected chi connectivity index (χ0v) is 9.63. The molecule has 0 spiro atoms. The van der Waals surface area contributed by atoms with E-state index < -0.39 is 0 Å². The van der Waals surface area contributed by atoms with Crippen molar-refractivity contribution in [1.29, 1.82) is 0 Å². The molecule has 0 amide bonds. The Bertz CT molecular complexity index is 474. The van der Waals surface area contributed by atoms with Crippen LogP contribution in [-0.2, 0) is 0 Å². The van der Waals surface area contributed by atoms with E-state index in [0.29, 0.717) is 0 Å². The van der Waals surface area contributed by atoms with Crippen molar-refractivity contribution in [3.05, 3.63) is 34.4 Å². The van der Waals surface area contributed by atoms with Crippen LogP contribution in [0.2, 0.25) is 0 Å². The third kappa shape index (κ3) is 1.38. The lowest BCUT2D eigenvalue weighted by Crippen LogP contribution is -1.89. The first-order valence-corrected chi connectivity index (χ1v) is 5.11. The molecule has 0 N–H and O–H groups in total. The first-order chi connectivity index (χ1) is 6.74. The molecule has 0 aliphatic heterocycles. The number of aryl methyl sites for hydroxylation is 1. The van der Waals surface area contributed by atoms with Gasteiger partial charge >= 0.3 is 0 Å². The largest absolute Gasteiger partial charge is 0.494 e. The van der Waals surface area contributed by atoms with Crippen LogP contribution < -0.4 is 4.74 Å². The second-order valence-corrected chi connectivity index (χ2v) is 3.96. The maximum absolute atomic E-state index is 5.25. The molecule has 0 fully saturated rings. The van der Waals surface area contributed by atoms with Gasteiger partial charge in [0.25, 0.3) is 0 Å². The molecule has 0 saturated carbocycles. The summed E-state index contributed by atoms with van der Waals surface area (Å²) in [5.41, 5.74) is 2.10. The number of ether oxygens (including phenoxy) is 1. The van der Waals surface area contributed by atoms with Gasteiger partial charge in [0.1, 0.15) is 11.3 Å². The Hall–Kier alpha value is -1.09. The smallest absolute Gasteiger partial charge is 0.145 e. The lowest BCUT2D eigenvalue weighted by Gasteiger charge is -2.07. The van der Waals surface area contributed by atoms with Crippen LogP contribution in [0.4, 0.5) is 0 Å². The van der Waals surface area contributed by atoms with Gasteiger partial charge < -0.3 is 4.74 Å². The summed E-state index contributed by atoms with van der Waals surface area (Å²) in [6.45, 7) is 2.06. The third-order valence-corrected chi connectivity index (χ3v) is 2.89. The highest BCUT2D eigenvalue weighted by Gasteiger charge is 2.07. The van der Waals surface area contributed by atoms with Crippen molar-refractivity contribution in [2.24, 2.45) is 0 Å².